The summed E-state index contributed by atoms with van der Waals surface area (Å²) in [6, 6.07) is 9.87. The first-order valence-corrected chi connectivity index (χ1v) is 7.23. The Bertz CT molecular complexity index is 508. The molecule has 0 N–H and O–H groups in total. The lowest BCUT2D eigenvalue weighted by atomic mass is 9.99. The maximum absolute atomic E-state index is 12.0. The summed E-state index contributed by atoms with van der Waals surface area (Å²) < 4.78 is 6.32. The van der Waals surface area contributed by atoms with Gasteiger partial charge < -0.3 is 4.74 Å². The highest BCUT2D eigenvalue weighted by Crippen LogP contribution is 2.40. The molecule has 0 unspecified atom stereocenters. The van der Waals surface area contributed by atoms with Gasteiger partial charge in [-0.25, -0.2) is 4.79 Å². The van der Waals surface area contributed by atoms with Crippen LogP contribution in [0.1, 0.15) is 32.8 Å². The van der Waals surface area contributed by atoms with E-state index in [-0.39, 0.29) is 6.09 Å². The molecule has 2 rings (SSSR count). The lowest BCUT2D eigenvalue weighted by Crippen LogP contribution is -2.41. The Morgan fingerprint density at radius 3 is 2.53 bits per heavy atom. The molecule has 1 heterocycles. The molecular weight excluding hydrogens is 306 g/mol. The van der Waals surface area contributed by atoms with E-state index in [1.54, 1.807) is 4.90 Å². The van der Waals surface area contributed by atoms with Crippen molar-refractivity contribution in [3.05, 3.63) is 41.7 Å². The number of benzene rings is 1. The highest BCUT2D eigenvalue weighted by Gasteiger charge is 2.45. The van der Waals surface area contributed by atoms with Gasteiger partial charge in [-0.2, -0.15) is 0 Å². The van der Waals surface area contributed by atoms with Crippen molar-refractivity contribution in [2.24, 2.45) is 0 Å². The van der Waals surface area contributed by atoms with Gasteiger partial charge in [-0.1, -0.05) is 37.3 Å². The van der Waals surface area contributed by atoms with Crippen molar-refractivity contribution in [1.82, 2.24) is 4.90 Å². The van der Waals surface area contributed by atoms with Gasteiger partial charge in [0.25, 0.3) is 0 Å². The van der Waals surface area contributed by atoms with Crippen molar-refractivity contribution >= 4 is 26.5 Å². The van der Waals surface area contributed by atoms with Crippen LogP contribution in [0.25, 0.3) is 4.48 Å². The minimum absolute atomic E-state index is 0.269. The van der Waals surface area contributed by atoms with E-state index in [0.29, 0.717) is 12.3 Å². The first-order chi connectivity index (χ1) is 8.98. The van der Waals surface area contributed by atoms with Crippen LogP contribution in [0.5, 0.6) is 0 Å². The number of amides is 1. The number of rotatable bonds is 3. The number of ether oxygens (including phenoxy) is 1. The Kier molecular flexibility index (Phi) is 3.99. The normalized spacial score (nSPS) is 20.4. The summed E-state index contributed by atoms with van der Waals surface area (Å²) in [5, 5.41) is 0. The summed E-state index contributed by atoms with van der Waals surface area (Å²) in [6.45, 7) is 6.77. The van der Waals surface area contributed by atoms with Crippen LogP contribution >= 0.6 is 15.9 Å². The fraction of sp³-hybridized carbons (Fsp3) is 0.400. The van der Waals surface area contributed by atoms with E-state index in [4.69, 9.17) is 4.74 Å². The van der Waals surface area contributed by atoms with Gasteiger partial charge in [0.15, 0.2) is 0 Å². The van der Waals surface area contributed by atoms with Gasteiger partial charge in [-0.15, -0.1) is 0 Å². The van der Waals surface area contributed by atoms with Crippen LogP contribution in [-0.2, 0) is 4.74 Å². The number of halogens is 1. The van der Waals surface area contributed by atoms with Gasteiger partial charge in [0.05, 0.1) is 10.0 Å². The van der Waals surface area contributed by atoms with Crippen molar-refractivity contribution in [3.63, 3.8) is 0 Å². The molecule has 0 aliphatic carbocycles. The van der Waals surface area contributed by atoms with Crippen molar-refractivity contribution in [2.45, 2.75) is 32.7 Å². The van der Waals surface area contributed by atoms with Crippen molar-refractivity contribution in [2.75, 3.05) is 6.54 Å². The van der Waals surface area contributed by atoms with Crippen LogP contribution in [0.15, 0.2) is 36.1 Å². The molecule has 1 saturated heterocycles. The molecule has 3 nitrogen and oxygen atoms in total. The molecule has 19 heavy (non-hydrogen) atoms. The first-order valence-electron chi connectivity index (χ1n) is 6.43. The minimum Gasteiger partial charge on any atom is -0.411 e. The highest BCUT2D eigenvalue weighted by atomic mass is 79.9. The summed E-state index contributed by atoms with van der Waals surface area (Å²) in [6.07, 6.45) is 0.643. The van der Waals surface area contributed by atoms with E-state index in [1.165, 1.54) is 0 Å². The Morgan fingerprint density at radius 1 is 1.32 bits per heavy atom. The van der Waals surface area contributed by atoms with Crippen LogP contribution in [0.3, 0.4) is 0 Å². The summed E-state index contributed by atoms with van der Waals surface area (Å²) in [4.78, 5) is 13.7. The molecule has 0 saturated carbocycles. The molecule has 0 radical (unpaired) electrons. The number of hydrogen-bond acceptors (Lipinski definition) is 2. The second kappa shape index (κ2) is 5.37. The predicted molar refractivity (Wildman–Crippen MR) is 79.8 cm³/mol. The molecule has 0 spiro atoms. The molecule has 102 valence electrons. The summed E-state index contributed by atoms with van der Waals surface area (Å²) >= 11 is 3.57. The average Bonchev–Trinajstić information content (AvgIpc) is 2.63. The lowest BCUT2D eigenvalue weighted by Gasteiger charge is -2.28. The molecule has 1 fully saturated rings. The standard InChI is InChI=1S/C15H18BrNO2/c1-4-10-17-14(18)19-13(15(17,2)3)12(16)11-8-6-5-7-9-11/h5-9H,4,10H2,1-3H3/b13-12+. The zero-order valence-corrected chi connectivity index (χ0v) is 13.0. The topological polar surface area (TPSA) is 29.5 Å². The van der Waals surface area contributed by atoms with Gasteiger partial charge in [0.2, 0.25) is 0 Å². The van der Waals surface area contributed by atoms with Crippen molar-refractivity contribution in [3.8, 4) is 0 Å². The van der Waals surface area contributed by atoms with E-state index >= 15 is 0 Å². The van der Waals surface area contributed by atoms with Gasteiger partial charge in [0, 0.05) is 6.54 Å². The van der Waals surface area contributed by atoms with Gasteiger partial charge >= 0.3 is 6.09 Å². The number of carbonyl (C=O) groups excluding carboxylic acids is 1. The Morgan fingerprint density at radius 2 is 1.95 bits per heavy atom. The molecule has 1 aliphatic rings. The fourth-order valence-electron chi connectivity index (χ4n) is 2.24. The molecule has 1 amide bonds. The van der Waals surface area contributed by atoms with Crippen molar-refractivity contribution in [1.29, 1.82) is 0 Å². The fourth-order valence-corrected chi connectivity index (χ4v) is 3.07. The molecule has 0 atom stereocenters. The SMILES string of the molecule is CCCN1C(=O)O/C(=C(/Br)c2ccccc2)C1(C)C. The second-order valence-electron chi connectivity index (χ2n) is 5.09. The summed E-state index contributed by atoms with van der Waals surface area (Å²) in [5.74, 6) is 0.678. The van der Waals surface area contributed by atoms with E-state index < -0.39 is 5.54 Å². The molecular formula is C15H18BrNO2. The van der Waals surface area contributed by atoms with Gasteiger partial charge in [-0.05, 0) is 41.8 Å². The highest BCUT2D eigenvalue weighted by molar-refractivity contribution is 9.15. The second-order valence-corrected chi connectivity index (χ2v) is 5.88. The Hall–Kier alpha value is -1.29. The quantitative estimate of drug-likeness (QED) is 0.825. The number of hydrogen-bond donors (Lipinski definition) is 0. The maximum atomic E-state index is 12.0. The lowest BCUT2D eigenvalue weighted by molar-refractivity contribution is 0.157. The third-order valence-corrected chi connectivity index (χ3v) is 4.13. The zero-order chi connectivity index (χ0) is 14.0. The zero-order valence-electron chi connectivity index (χ0n) is 11.4. The minimum atomic E-state index is -0.429. The van der Waals surface area contributed by atoms with Crippen LogP contribution < -0.4 is 0 Å². The van der Waals surface area contributed by atoms with Crippen molar-refractivity contribution < 1.29 is 9.53 Å². The number of cyclic esters (lactones) is 1. The first kappa shape index (κ1) is 14.1. The van der Waals surface area contributed by atoms with Crippen LogP contribution in [0.2, 0.25) is 0 Å². The summed E-state index contributed by atoms with van der Waals surface area (Å²) in [7, 11) is 0. The Labute approximate surface area is 122 Å². The van der Waals surface area contributed by atoms with Crippen LogP contribution in [0, 0.1) is 0 Å². The molecule has 1 aromatic carbocycles. The maximum Gasteiger partial charge on any atom is 0.415 e. The molecule has 1 aliphatic heterocycles. The van der Waals surface area contributed by atoms with Crippen LogP contribution in [0.4, 0.5) is 4.79 Å². The smallest absolute Gasteiger partial charge is 0.411 e. The summed E-state index contributed by atoms with van der Waals surface area (Å²) in [5.41, 5.74) is 0.582. The molecule has 0 aromatic heterocycles. The monoisotopic (exact) mass is 323 g/mol. The average molecular weight is 324 g/mol. The van der Waals surface area contributed by atoms with E-state index in [2.05, 4.69) is 22.9 Å². The van der Waals surface area contributed by atoms with E-state index in [0.717, 1.165) is 16.5 Å². The van der Waals surface area contributed by atoms with Crippen LogP contribution in [-0.4, -0.2) is 23.1 Å². The van der Waals surface area contributed by atoms with E-state index in [1.807, 2.05) is 44.2 Å². The molecule has 0 bridgehead atoms. The molecule has 1 aromatic rings. The largest absolute Gasteiger partial charge is 0.415 e. The number of carbonyl (C=O) groups is 1. The van der Waals surface area contributed by atoms with Gasteiger partial charge in [-0.3, -0.25) is 4.90 Å². The Balaban J connectivity index is 2.43. The van der Waals surface area contributed by atoms with E-state index in [9.17, 15) is 4.79 Å². The third-order valence-electron chi connectivity index (χ3n) is 3.31. The molecule has 4 heteroatoms. The predicted octanol–water partition coefficient (Wildman–Crippen LogP) is 4.39. The third kappa shape index (κ3) is 2.54. The van der Waals surface area contributed by atoms with Gasteiger partial charge in [0.1, 0.15) is 5.76 Å². The number of nitrogens with zero attached hydrogens (tertiary/aromatic N) is 1.